The minimum Gasteiger partial charge on any atom is -0.478 e. The Labute approximate surface area is 196 Å². The molecule has 164 valence electrons. The summed E-state index contributed by atoms with van der Waals surface area (Å²) in [6.07, 6.45) is 0. The normalized spacial score (nSPS) is 15.3. The molecule has 4 aromatic carbocycles. The van der Waals surface area contributed by atoms with E-state index in [1.807, 2.05) is 12.1 Å². The molecular formula is C28H26N2O2Si. The molecule has 2 heterocycles. The van der Waals surface area contributed by atoms with Gasteiger partial charge < -0.3 is 8.85 Å². The van der Waals surface area contributed by atoms with E-state index >= 15 is 0 Å². The average molecular weight is 451 g/mol. The number of fused-ring (bicyclic) bond motifs is 2. The number of hydrogen-bond donors (Lipinski definition) is 0. The number of rotatable bonds is 2. The molecular weight excluding hydrogens is 424 g/mol. The minimum absolute atomic E-state index is 0.871. The molecule has 0 aromatic heterocycles. The molecule has 33 heavy (non-hydrogen) atoms. The van der Waals surface area contributed by atoms with Gasteiger partial charge in [-0.15, -0.1) is 0 Å². The van der Waals surface area contributed by atoms with Crippen LogP contribution in [0.1, 0.15) is 22.3 Å². The van der Waals surface area contributed by atoms with Gasteiger partial charge in [0, 0.05) is 11.4 Å². The van der Waals surface area contributed by atoms with Gasteiger partial charge in [-0.05, 0) is 98.5 Å². The molecule has 5 heteroatoms. The Morgan fingerprint density at radius 2 is 0.879 bits per heavy atom. The second-order valence-electron chi connectivity index (χ2n) is 8.90. The Hall–Kier alpha value is -3.70. The van der Waals surface area contributed by atoms with Gasteiger partial charge in [0.1, 0.15) is 11.5 Å². The van der Waals surface area contributed by atoms with Crippen molar-refractivity contribution in [3.63, 3.8) is 0 Å². The van der Waals surface area contributed by atoms with Crippen LogP contribution in [0.2, 0.25) is 0 Å². The highest BCUT2D eigenvalue weighted by atomic mass is 28.4. The maximum atomic E-state index is 6.96. The highest BCUT2D eigenvalue weighted by Crippen LogP contribution is 2.55. The van der Waals surface area contributed by atoms with Gasteiger partial charge >= 0.3 is 8.88 Å². The third-order valence-corrected chi connectivity index (χ3v) is 9.81. The summed E-state index contributed by atoms with van der Waals surface area (Å²) in [4.78, 5) is 0. The van der Waals surface area contributed by atoms with Gasteiger partial charge in [0.15, 0.2) is 0 Å². The smallest absolute Gasteiger partial charge is 0.478 e. The zero-order valence-corrected chi connectivity index (χ0v) is 20.3. The zero-order chi connectivity index (χ0) is 22.7. The Bertz CT molecular complexity index is 1270. The molecule has 2 aliphatic rings. The van der Waals surface area contributed by atoms with Crippen molar-refractivity contribution in [1.29, 1.82) is 0 Å². The predicted octanol–water partition coefficient (Wildman–Crippen LogP) is 7.12. The topological polar surface area (TPSA) is 24.9 Å². The van der Waals surface area contributed by atoms with Crippen molar-refractivity contribution in [1.82, 2.24) is 0 Å². The van der Waals surface area contributed by atoms with Gasteiger partial charge in [0.2, 0.25) is 0 Å². The van der Waals surface area contributed by atoms with E-state index in [1.165, 1.54) is 22.3 Å². The number of anilines is 4. The van der Waals surface area contributed by atoms with Gasteiger partial charge in [-0.3, -0.25) is 9.13 Å². The number of benzene rings is 4. The third kappa shape index (κ3) is 2.89. The molecule has 6 rings (SSSR count). The minimum atomic E-state index is -3.24. The van der Waals surface area contributed by atoms with Gasteiger partial charge in [0.05, 0.1) is 11.4 Å². The second-order valence-corrected chi connectivity index (χ2v) is 11.3. The summed E-state index contributed by atoms with van der Waals surface area (Å²) in [5, 5.41) is 0. The van der Waals surface area contributed by atoms with E-state index in [9.17, 15) is 0 Å². The summed E-state index contributed by atoms with van der Waals surface area (Å²) in [5.74, 6) is 1.74. The fourth-order valence-corrected chi connectivity index (χ4v) is 8.13. The number of para-hydroxylation sites is 2. The standard InChI is InChI=1S/C28H26N2O2Si/c1-19-15-25-27(17-21(19)3)31-33(29(25)23-11-7-5-8-12-23)30(24-13-9-6-10-14-24)26-16-20(2)22(4)18-28(26)32-33/h5-18H,1-4H3. The van der Waals surface area contributed by atoms with Crippen LogP contribution >= 0.6 is 0 Å². The van der Waals surface area contributed by atoms with Crippen LogP contribution in [0.3, 0.4) is 0 Å². The van der Waals surface area contributed by atoms with E-state index in [0.29, 0.717) is 0 Å². The molecule has 0 N–H and O–H groups in total. The van der Waals surface area contributed by atoms with Crippen molar-refractivity contribution in [3.8, 4) is 11.5 Å². The Balaban J connectivity index is 1.65. The molecule has 2 aliphatic heterocycles. The van der Waals surface area contributed by atoms with Gasteiger partial charge in [-0.25, -0.2) is 0 Å². The lowest BCUT2D eigenvalue weighted by Gasteiger charge is -2.35. The number of nitrogens with zero attached hydrogens (tertiary/aromatic N) is 2. The summed E-state index contributed by atoms with van der Waals surface area (Å²) in [5.41, 5.74) is 9.12. The molecule has 4 aromatic rings. The third-order valence-electron chi connectivity index (χ3n) is 6.71. The molecule has 0 aliphatic carbocycles. The first-order valence-corrected chi connectivity index (χ1v) is 13.0. The Morgan fingerprint density at radius 1 is 0.515 bits per heavy atom. The first kappa shape index (κ1) is 19.9. The predicted molar refractivity (Wildman–Crippen MR) is 136 cm³/mol. The lowest BCUT2D eigenvalue weighted by molar-refractivity contribution is 0.413. The van der Waals surface area contributed by atoms with Crippen molar-refractivity contribution in [2.75, 3.05) is 9.13 Å². The molecule has 0 unspecified atom stereocenters. The average Bonchev–Trinajstić information content (AvgIpc) is 3.28. The van der Waals surface area contributed by atoms with Crippen LogP contribution < -0.4 is 18.0 Å². The SMILES string of the molecule is Cc1cc2c(cc1C)N(c1ccccc1)[Si]1(O2)Oc2cc(C)c(C)cc2N1c1ccccc1. The van der Waals surface area contributed by atoms with Crippen molar-refractivity contribution in [3.05, 3.63) is 107 Å². The maximum absolute atomic E-state index is 6.96. The molecule has 1 spiro atoms. The first-order chi connectivity index (χ1) is 16.0. The summed E-state index contributed by atoms with van der Waals surface area (Å²) in [6, 6.07) is 29.6. The van der Waals surface area contributed by atoms with Gasteiger partial charge in [-0.1, -0.05) is 36.4 Å². The van der Waals surface area contributed by atoms with Crippen LogP contribution in [0.15, 0.2) is 84.9 Å². The van der Waals surface area contributed by atoms with E-state index < -0.39 is 8.88 Å². The molecule has 4 nitrogen and oxygen atoms in total. The van der Waals surface area contributed by atoms with Crippen molar-refractivity contribution < 1.29 is 8.85 Å². The van der Waals surface area contributed by atoms with E-state index in [-0.39, 0.29) is 0 Å². The van der Waals surface area contributed by atoms with Crippen LogP contribution in [-0.2, 0) is 0 Å². The highest BCUT2D eigenvalue weighted by molar-refractivity contribution is 6.81. The van der Waals surface area contributed by atoms with E-state index in [4.69, 9.17) is 8.85 Å². The molecule has 0 saturated heterocycles. The van der Waals surface area contributed by atoms with Crippen molar-refractivity contribution in [2.45, 2.75) is 27.7 Å². The van der Waals surface area contributed by atoms with E-state index in [0.717, 1.165) is 34.2 Å². The molecule has 0 amide bonds. The van der Waals surface area contributed by atoms with Crippen LogP contribution in [0.25, 0.3) is 0 Å². The van der Waals surface area contributed by atoms with Crippen LogP contribution in [0.4, 0.5) is 22.7 Å². The molecule has 0 bridgehead atoms. The maximum Gasteiger partial charge on any atom is 0.733 e. The fourth-order valence-electron chi connectivity index (χ4n) is 4.71. The lowest BCUT2D eigenvalue weighted by Crippen LogP contribution is -2.67. The molecule has 0 saturated carbocycles. The zero-order valence-electron chi connectivity index (χ0n) is 19.3. The molecule has 0 atom stereocenters. The summed E-state index contributed by atoms with van der Waals surface area (Å²) in [6.45, 7) is 8.56. The highest BCUT2D eigenvalue weighted by Gasteiger charge is 2.68. The monoisotopic (exact) mass is 450 g/mol. The quantitative estimate of drug-likeness (QED) is 0.304. The van der Waals surface area contributed by atoms with Crippen LogP contribution in [0.5, 0.6) is 11.5 Å². The summed E-state index contributed by atoms with van der Waals surface area (Å²) < 4.78 is 18.5. The van der Waals surface area contributed by atoms with Crippen LogP contribution in [0, 0.1) is 27.7 Å². The lowest BCUT2D eigenvalue weighted by atomic mass is 10.1. The summed E-state index contributed by atoms with van der Waals surface area (Å²) >= 11 is 0. The van der Waals surface area contributed by atoms with Gasteiger partial charge in [0.25, 0.3) is 0 Å². The van der Waals surface area contributed by atoms with E-state index in [2.05, 4.69) is 110 Å². The van der Waals surface area contributed by atoms with Crippen LogP contribution in [-0.4, -0.2) is 8.88 Å². The fraction of sp³-hybridized carbons (Fsp3) is 0.143. The van der Waals surface area contributed by atoms with E-state index in [1.54, 1.807) is 0 Å². The van der Waals surface area contributed by atoms with Crippen molar-refractivity contribution >= 4 is 31.6 Å². The first-order valence-electron chi connectivity index (χ1n) is 11.3. The largest absolute Gasteiger partial charge is 0.733 e. The molecule has 0 radical (unpaired) electrons. The number of hydrogen-bond acceptors (Lipinski definition) is 4. The van der Waals surface area contributed by atoms with Crippen molar-refractivity contribution in [2.24, 2.45) is 0 Å². The molecule has 0 fully saturated rings. The summed E-state index contributed by atoms with van der Waals surface area (Å²) in [7, 11) is -3.24. The number of aryl methyl sites for hydroxylation is 4. The Morgan fingerprint density at radius 3 is 1.27 bits per heavy atom. The van der Waals surface area contributed by atoms with Gasteiger partial charge in [-0.2, -0.15) is 0 Å². The second kappa shape index (κ2) is 7.15. The Kier molecular flexibility index (Phi) is 4.32.